The Balaban J connectivity index is 2.03. The van der Waals surface area contributed by atoms with Gasteiger partial charge in [0.15, 0.2) is 0 Å². The number of benzene rings is 1. The molecule has 1 spiro atoms. The molecule has 1 fully saturated rings. The molecule has 0 saturated carbocycles. The Morgan fingerprint density at radius 2 is 1.93 bits per heavy atom. The molecule has 0 aliphatic carbocycles. The topological polar surface area (TPSA) is 21.3 Å². The van der Waals surface area contributed by atoms with Crippen molar-refractivity contribution in [2.24, 2.45) is 0 Å². The first kappa shape index (κ1) is 8.30. The van der Waals surface area contributed by atoms with E-state index < -0.39 is 0 Å². The molecule has 1 saturated heterocycles. The summed E-state index contributed by atoms with van der Waals surface area (Å²) in [6.07, 6.45) is 2.33. The molecule has 14 heavy (non-hydrogen) atoms. The van der Waals surface area contributed by atoms with E-state index in [2.05, 4.69) is 29.6 Å². The lowest BCUT2D eigenvalue weighted by Crippen LogP contribution is -2.35. The van der Waals surface area contributed by atoms with Crippen molar-refractivity contribution in [3.05, 3.63) is 29.8 Å². The summed E-state index contributed by atoms with van der Waals surface area (Å²) < 4.78 is 5.44. The van der Waals surface area contributed by atoms with Crippen LogP contribution in [0.1, 0.15) is 18.4 Å². The van der Waals surface area contributed by atoms with Crippen LogP contribution in [0.15, 0.2) is 24.3 Å². The summed E-state index contributed by atoms with van der Waals surface area (Å²) in [6, 6.07) is 8.69. The fraction of sp³-hybridized carbons (Fsp3) is 0.500. The summed E-state index contributed by atoms with van der Waals surface area (Å²) in [7, 11) is 0. The second-order valence-corrected chi connectivity index (χ2v) is 4.29. The molecule has 2 nitrogen and oxygen atoms in total. The van der Waals surface area contributed by atoms with E-state index in [-0.39, 0.29) is 0 Å². The van der Waals surface area contributed by atoms with Gasteiger partial charge in [0.1, 0.15) is 0 Å². The lowest BCUT2D eigenvalue weighted by Gasteiger charge is -2.33. The van der Waals surface area contributed by atoms with Gasteiger partial charge in [0.2, 0.25) is 0 Å². The van der Waals surface area contributed by atoms with Gasteiger partial charge in [-0.1, -0.05) is 18.2 Å². The third-order valence-corrected chi connectivity index (χ3v) is 3.57. The standard InChI is InChI=1S/C12H15NO/c1-2-4-11-10(3-1)12(9-13-11)5-7-14-8-6-12/h1-4,13H,5-9H2. The molecule has 0 aromatic heterocycles. The number of para-hydroxylation sites is 1. The Morgan fingerprint density at radius 1 is 1.14 bits per heavy atom. The van der Waals surface area contributed by atoms with E-state index in [1.165, 1.54) is 11.3 Å². The number of hydrogen-bond donors (Lipinski definition) is 1. The number of anilines is 1. The van der Waals surface area contributed by atoms with Gasteiger partial charge in [0.25, 0.3) is 0 Å². The van der Waals surface area contributed by atoms with Crippen LogP contribution >= 0.6 is 0 Å². The van der Waals surface area contributed by atoms with E-state index in [0.717, 1.165) is 32.6 Å². The van der Waals surface area contributed by atoms with E-state index in [4.69, 9.17) is 4.74 Å². The Kier molecular flexibility index (Phi) is 1.77. The highest BCUT2D eigenvalue weighted by Gasteiger charge is 2.39. The fourth-order valence-corrected chi connectivity index (χ4v) is 2.67. The third kappa shape index (κ3) is 1.07. The zero-order chi connectivity index (χ0) is 9.43. The second-order valence-electron chi connectivity index (χ2n) is 4.29. The highest BCUT2D eigenvalue weighted by atomic mass is 16.5. The van der Waals surface area contributed by atoms with Crippen LogP contribution in [0.25, 0.3) is 0 Å². The predicted octanol–water partition coefficient (Wildman–Crippen LogP) is 2.16. The molecule has 0 radical (unpaired) electrons. The maximum Gasteiger partial charge on any atom is 0.0475 e. The van der Waals surface area contributed by atoms with Crippen molar-refractivity contribution >= 4 is 5.69 Å². The largest absolute Gasteiger partial charge is 0.384 e. The molecule has 0 unspecified atom stereocenters. The molecule has 2 aliphatic heterocycles. The Morgan fingerprint density at radius 3 is 2.79 bits per heavy atom. The zero-order valence-electron chi connectivity index (χ0n) is 8.25. The highest BCUT2D eigenvalue weighted by molar-refractivity contribution is 5.60. The normalized spacial score (nSPS) is 23.1. The SMILES string of the molecule is c1ccc2c(c1)NCC21CCOCC1. The van der Waals surface area contributed by atoms with E-state index in [9.17, 15) is 0 Å². The van der Waals surface area contributed by atoms with Crippen molar-refractivity contribution in [1.82, 2.24) is 0 Å². The molecule has 1 aromatic rings. The molecule has 0 bridgehead atoms. The van der Waals surface area contributed by atoms with Crippen molar-refractivity contribution in [2.45, 2.75) is 18.3 Å². The van der Waals surface area contributed by atoms with Crippen LogP contribution in [0.3, 0.4) is 0 Å². The lowest BCUT2D eigenvalue weighted by atomic mass is 9.76. The van der Waals surface area contributed by atoms with Gasteiger partial charge in [-0.2, -0.15) is 0 Å². The molecule has 2 aliphatic rings. The van der Waals surface area contributed by atoms with Gasteiger partial charge in [0.05, 0.1) is 0 Å². The summed E-state index contributed by atoms with van der Waals surface area (Å²) >= 11 is 0. The molecule has 2 heteroatoms. The van der Waals surface area contributed by atoms with Gasteiger partial charge in [0, 0.05) is 30.9 Å². The van der Waals surface area contributed by atoms with Crippen LogP contribution in [0, 0.1) is 0 Å². The van der Waals surface area contributed by atoms with Crippen LogP contribution < -0.4 is 5.32 Å². The summed E-state index contributed by atoms with van der Waals surface area (Å²) in [5.41, 5.74) is 3.20. The number of hydrogen-bond acceptors (Lipinski definition) is 2. The second kappa shape index (κ2) is 2.99. The number of rotatable bonds is 0. The van der Waals surface area contributed by atoms with Crippen LogP contribution in [0.2, 0.25) is 0 Å². The minimum Gasteiger partial charge on any atom is -0.384 e. The van der Waals surface area contributed by atoms with Crippen molar-refractivity contribution < 1.29 is 4.74 Å². The van der Waals surface area contributed by atoms with Gasteiger partial charge >= 0.3 is 0 Å². The lowest BCUT2D eigenvalue weighted by molar-refractivity contribution is 0.0567. The maximum atomic E-state index is 5.44. The van der Waals surface area contributed by atoms with Crippen LogP contribution in [-0.2, 0) is 10.2 Å². The zero-order valence-corrected chi connectivity index (χ0v) is 8.25. The average Bonchev–Trinajstić information content (AvgIpc) is 2.60. The highest BCUT2D eigenvalue weighted by Crippen LogP contribution is 2.43. The molecule has 3 rings (SSSR count). The number of fused-ring (bicyclic) bond motifs is 2. The average molecular weight is 189 g/mol. The monoisotopic (exact) mass is 189 g/mol. The molecule has 1 N–H and O–H groups in total. The Bertz CT molecular complexity index is 336. The quantitative estimate of drug-likeness (QED) is 0.675. The molecule has 74 valence electrons. The summed E-state index contributed by atoms with van der Waals surface area (Å²) in [5, 5.41) is 3.51. The minimum atomic E-state index is 0.370. The molecule has 0 atom stereocenters. The van der Waals surface area contributed by atoms with Gasteiger partial charge < -0.3 is 10.1 Å². The van der Waals surface area contributed by atoms with E-state index in [0.29, 0.717) is 5.41 Å². The first-order chi connectivity index (χ1) is 6.91. The van der Waals surface area contributed by atoms with Gasteiger partial charge in [-0.15, -0.1) is 0 Å². The number of ether oxygens (including phenoxy) is 1. The Hall–Kier alpha value is -1.02. The first-order valence-corrected chi connectivity index (χ1v) is 5.32. The number of nitrogens with one attached hydrogen (secondary N) is 1. The molecular formula is C12H15NO. The van der Waals surface area contributed by atoms with Gasteiger partial charge in [-0.05, 0) is 24.5 Å². The van der Waals surface area contributed by atoms with E-state index in [1.807, 2.05) is 0 Å². The Labute approximate surface area is 84.3 Å². The van der Waals surface area contributed by atoms with Crippen molar-refractivity contribution in [3.8, 4) is 0 Å². The summed E-state index contributed by atoms with van der Waals surface area (Å²) in [6.45, 7) is 2.92. The van der Waals surface area contributed by atoms with Gasteiger partial charge in [-0.3, -0.25) is 0 Å². The molecule has 0 amide bonds. The van der Waals surface area contributed by atoms with Gasteiger partial charge in [-0.25, -0.2) is 0 Å². The van der Waals surface area contributed by atoms with Crippen molar-refractivity contribution in [3.63, 3.8) is 0 Å². The minimum absolute atomic E-state index is 0.370. The van der Waals surface area contributed by atoms with E-state index >= 15 is 0 Å². The summed E-state index contributed by atoms with van der Waals surface area (Å²) in [4.78, 5) is 0. The van der Waals surface area contributed by atoms with Crippen LogP contribution in [0.4, 0.5) is 5.69 Å². The van der Waals surface area contributed by atoms with Crippen LogP contribution in [-0.4, -0.2) is 19.8 Å². The molecule has 1 aromatic carbocycles. The first-order valence-electron chi connectivity index (χ1n) is 5.32. The smallest absolute Gasteiger partial charge is 0.0475 e. The van der Waals surface area contributed by atoms with E-state index in [1.54, 1.807) is 0 Å². The predicted molar refractivity (Wildman–Crippen MR) is 56.7 cm³/mol. The molecule has 2 heterocycles. The van der Waals surface area contributed by atoms with Crippen molar-refractivity contribution in [1.29, 1.82) is 0 Å². The maximum absolute atomic E-state index is 5.44. The third-order valence-electron chi connectivity index (χ3n) is 3.57. The van der Waals surface area contributed by atoms with Crippen LogP contribution in [0.5, 0.6) is 0 Å². The summed E-state index contributed by atoms with van der Waals surface area (Å²) in [5.74, 6) is 0. The van der Waals surface area contributed by atoms with Crippen molar-refractivity contribution in [2.75, 3.05) is 25.1 Å². The fourth-order valence-electron chi connectivity index (χ4n) is 2.67. The molecular weight excluding hydrogens is 174 g/mol.